The highest BCUT2D eigenvalue weighted by molar-refractivity contribution is 8.15. The number of carbonyl (C=O) groups is 1. The van der Waals surface area contributed by atoms with E-state index in [0.29, 0.717) is 11.8 Å². The zero-order chi connectivity index (χ0) is 20.3. The zero-order valence-corrected chi connectivity index (χ0v) is 19.6. The third-order valence-corrected chi connectivity index (χ3v) is 9.28. The predicted molar refractivity (Wildman–Crippen MR) is 124 cm³/mol. The SMILES string of the molecule is CCCN1C(=O)C(=CC2C=CC3=C(C2C)C2CCCC2N3CC2CC2)SC1(C)S. The van der Waals surface area contributed by atoms with Gasteiger partial charge in [-0.3, -0.25) is 4.79 Å². The van der Waals surface area contributed by atoms with E-state index in [0.717, 1.165) is 35.7 Å². The number of thioether (sulfide) groups is 1. The zero-order valence-electron chi connectivity index (χ0n) is 17.9. The molecule has 0 aromatic heterocycles. The first-order chi connectivity index (χ1) is 13.9. The van der Waals surface area contributed by atoms with E-state index in [1.807, 2.05) is 11.8 Å². The molecule has 158 valence electrons. The van der Waals surface area contributed by atoms with Crippen LogP contribution in [0.15, 0.2) is 34.4 Å². The van der Waals surface area contributed by atoms with E-state index in [-0.39, 0.29) is 5.91 Å². The van der Waals surface area contributed by atoms with Gasteiger partial charge < -0.3 is 9.80 Å². The van der Waals surface area contributed by atoms with Crippen molar-refractivity contribution in [3.63, 3.8) is 0 Å². The number of amides is 1. The van der Waals surface area contributed by atoms with Gasteiger partial charge in [0.25, 0.3) is 5.91 Å². The molecular formula is C24H34N2OS2. The molecule has 1 saturated heterocycles. The number of rotatable bonds is 5. The van der Waals surface area contributed by atoms with Crippen LogP contribution in [0.1, 0.15) is 59.3 Å². The van der Waals surface area contributed by atoms with Gasteiger partial charge in [-0.15, -0.1) is 12.6 Å². The summed E-state index contributed by atoms with van der Waals surface area (Å²) in [5.41, 5.74) is 3.22. The number of fused-ring (bicyclic) bond motifs is 2. The van der Waals surface area contributed by atoms with Gasteiger partial charge >= 0.3 is 0 Å². The maximum absolute atomic E-state index is 13.0. The van der Waals surface area contributed by atoms with Crippen molar-refractivity contribution < 1.29 is 4.79 Å². The van der Waals surface area contributed by atoms with Crippen LogP contribution in [0.2, 0.25) is 0 Å². The maximum Gasteiger partial charge on any atom is 0.261 e. The maximum atomic E-state index is 13.0. The third kappa shape index (κ3) is 3.40. The Bertz CT molecular complexity index is 795. The summed E-state index contributed by atoms with van der Waals surface area (Å²) in [7, 11) is 0. The summed E-state index contributed by atoms with van der Waals surface area (Å²) in [5.74, 6) is 2.63. The Labute approximate surface area is 185 Å². The van der Waals surface area contributed by atoms with Gasteiger partial charge in [-0.25, -0.2) is 0 Å². The van der Waals surface area contributed by atoms with Crippen LogP contribution in [0.4, 0.5) is 0 Å². The van der Waals surface area contributed by atoms with Gasteiger partial charge in [0.15, 0.2) is 0 Å². The lowest BCUT2D eigenvalue weighted by Gasteiger charge is -2.30. The molecule has 0 spiro atoms. The van der Waals surface area contributed by atoms with Crippen molar-refractivity contribution in [2.45, 2.75) is 69.5 Å². The van der Waals surface area contributed by atoms with Crippen molar-refractivity contribution in [3.05, 3.63) is 34.4 Å². The molecule has 3 nitrogen and oxygen atoms in total. The summed E-state index contributed by atoms with van der Waals surface area (Å²) in [5, 5.41) is 0. The van der Waals surface area contributed by atoms with Gasteiger partial charge in [0, 0.05) is 36.7 Å². The second kappa shape index (κ2) is 7.40. The summed E-state index contributed by atoms with van der Waals surface area (Å²) in [6.45, 7) is 8.60. The first kappa shape index (κ1) is 20.1. The quantitative estimate of drug-likeness (QED) is 0.465. The van der Waals surface area contributed by atoms with Crippen LogP contribution in [0.3, 0.4) is 0 Å². The topological polar surface area (TPSA) is 23.6 Å². The highest BCUT2D eigenvalue weighted by Gasteiger charge is 2.48. The first-order valence-corrected chi connectivity index (χ1v) is 12.8. The summed E-state index contributed by atoms with van der Waals surface area (Å²) in [6.07, 6.45) is 14.9. The lowest BCUT2D eigenvalue weighted by atomic mass is 9.77. The number of hydrogen-bond donors (Lipinski definition) is 1. The molecule has 5 unspecified atom stereocenters. The molecule has 0 aromatic carbocycles. The van der Waals surface area contributed by atoms with Crippen LogP contribution >= 0.6 is 24.4 Å². The van der Waals surface area contributed by atoms with E-state index in [2.05, 4.69) is 37.0 Å². The lowest BCUT2D eigenvalue weighted by molar-refractivity contribution is -0.126. The van der Waals surface area contributed by atoms with E-state index in [1.165, 1.54) is 44.3 Å². The van der Waals surface area contributed by atoms with E-state index in [9.17, 15) is 4.79 Å². The summed E-state index contributed by atoms with van der Waals surface area (Å²) >= 11 is 6.41. The molecule has 5 aliphatic rings. The molecule has 3 aliphatic carbocycles. The highest BCUT2D eigenvalue weighted by atomic mass is 32.2. The lowest BCUT2D eigenvalue weighted by Crippen LogP contribution is -2.38. The molecule has 5 heteroatoms. The molecule has 3 fully saturated rings. The smallest absolute Gasteiger partial charge is 0.261 e. The van der Waals surface area contributed by atoms with Crippen molar-refractivity contribution in [2.75, 3.05) is 13.1 Å². The molecule has 2 aliphatic heterocycles. The van der Waals surface area contributed by atoms with E-state index in [1.54, 1.807) is 17.3 Å². The standard InChI is InChI=1S/C24H34N2OS2/c1-4-12-26-23(27)21(29-24(26,3)28)13-17-10-11-20-22(15(17)2)18-6-5-7-19(18)25(20)14-16-8-9-16/h10-11,13,15-19,28H,4-9,12,14H2,1-3H3. The van der Waals surface area contributed by atoms with Gasteiger partial charge in [0.2, 0.25) is 0 Å². The largest absolute Gasteiger partial charge is 0.368 e. The molecule has 0 aromatic rings. The summed E-state index contributed by atoms with van der Waals surface area (Å²) in [4.78, 5) is 18.6. The van der Waals surface area contributed by atoms with Crippen LogP contribution in [0.5, 0.6) is 0 Å². The molecule has 5 atom stereocenters. The average molecular weight is 431 g/mol. The highest BCUT2D eigenvalue weighted by Crippen LogP contribution is 2.53. The Balaban J connectivity index is 1.40. The Morgan fingerprint density at radius 2 is 2.10 bits per heavy atom. The number of carbonyl (C=O) groups excluding carboxylic acids is 1. The fourth-order valence-electron chi connectivity index (χ4n) is 6.00. The van der Waals surface area contributed by atoms with Crippen LogP contribution in [0.25, 0.3) is 0 Å². The average Bonchev–Trinajstić information content (AvgIpc) is 3.22. The molecule has 0 bridgehead atoms. The Hall–Kier alpha value is -0.810. The van der Waals surface area contributed by atoms with E-state index >= 15 is 0 Å². The van der Waals surface area contributed by atoms with E-state index in [4.69, 9.17) is 12.6 Å². The molecule has 0 N–H and O–H groups in total. The number of nitrogens with zero attached hydrogens (tertiary/aromatic N) is 2. The minimum Gasteiger partial charge on any atom is -0.368 e. The van der Waals surface area contributed by atoms with Crippen molar-refractivity contribution in [3.8, 4) is 0 Å². The number of thiol groups is 1. The van der Waals surface area contributed by atoms with Crippen molar-refractivity contribution in [1.29, 1.82) is 0 Å². The van der Waals surface area contributed by atoms with E-state index < -0.39 is 4.20 Å². The van der Waals surface area contributed by atoms with Gasteiger partial charge in [0.1, 0.15) is 4.20 Å². The second-order valence-electron chi connectivity index (χ2n) is 9.79. The Kier molecular flexibility index (Phi) is 5.13. The van der Waals surface area contributed by atoms with Crippen molar-refractivity contribution in [2.24, 2.45) is 23.7 Å². The minimum atomic E-state index is -0.435. The van der Waals surface area contributed by atoms with Gasteiger partial charge in [0.05, 0.1) is 4.91 Å². The van der Waals surface area contributed by atoms with Crippen molar-refractivity contribution in [1.82, 2.24) is 9.80 Å². The van der Waals surface area contributed by atoms with Crippen LogP contribution in [0, 0.1) is 23.7 Å². The fourth-order valence-corrected chi connectivity index (χ4v) is 7.61. The predicted octanol–water partition coefficient (Wildman–Crippen LogP) is 5.43. The molecule has 5 rings (SSSR count). The Morgan fingerprint density at radius 3 is 2.83 bits per heavy atom. The second-order valence-corrected chi connectivity index (χ2v) is 12.4. The van der Waals surface area contributed by atoms with Gasteiger partial charge in [-0.2, -0.15) is 0 Å². The normalized spacial score (nSPS) is 40.4. The number of allylic oxidation sites excluding steroid dienone is 3. The number of hydrogen-bond acceptors (Lipinski definition) is 4. The summed E-state index contributed by atoms with van der Waals surface area (Å²) in [6, 6.07) is 0.738. The first-order valence-electron chi connectivity index (χ1n) is 11.5. The Morgan fingerprint density at radius 1 is 1.31 bits per heavy atom. The van der Waals surface area contributed by atoms with Crippen molar-refractivity contribution >= 4 is 30.3 Å². The molecule has 1 amide bonds. The summed E-state index contributed by atoms with van der Waals surface area (Å²) < 4.78 is -0.435. The molecule has 2 heterocycles. The van der Waals surface area contributed by atoms with Crippen LogP contribution < -0.4 is 0 Å². The van der Waals surface area contributed by atoms with Crippen LogP contribution in [-0.4, -0.2) is 39.0 Å². The van der Waals surface area contributed by atoms with Gasteiger partial charge in [-0.05, 0) is 62.5 Å². The van der Waals surface area contributed by atoms with Crippen LogP contribution in [-0.2, 0) is 4.79 Å². The third-order valence-electron chi connectivity index (χ3n) is 7.63. The molecule has 0 radical (unpaired) electrons. The molecule has 2 saturated carbocycles. The monoisotopic (exact) mass is 430 g/mol. The fraction of sp³-hybridized carbons (Fsp3) is 0.708. The molecular weight excluding hydrogens is 396 g/mol. The molecule has 29 heavy (non-hydrogen) atoms. The van der Waals surface area contributed by atoms with Gasteiger partial charge in [-0.1, -0.05) is 44.2 Å². The minimum absolute atomic E-state index is 0.162.